The van der Waals surface area contributed by atoms with Crippen molar-refractivity contribution in [2.45, 2.75) is 19.6 Å². The quantitative estimate of drug-likeness (QED) is 0.601. The molecule has 0 atom stereocenters. The minimum atomic E-state index is -2.79. The average Bonchev–Trinajstić information content (AvgIpc) is 3.23. The second-order valence-electron chi connectivity index (χ2n) is 5.30. The first-order valence-corrected chi connectivity index (χ1v) is 7.56. The third kappa shape index (κ3) is 4.41. The van der Waals surface area contributed by atoms with Crippen molar-refractivity contribution in [3.05, 3.63) is 34.9 Å². The molecule has 0 aromatic carbocycles. The summed E-state index contributed by atoms with van der Waals surface area (Å²) in [5.41, 5.74) is -0.387. The lowest BCUT2D eigenvalue weighted by Crippen LogP contribution is -2.19. The van der Waals surface area contributed by atoms with Crippen molar-refractivity contribution in [2.24, 2.45) is 14.1 Å². The Hall–Kier alpha value is -3.42. The third-order valence-corrected chi connectivity index (χ3v) is 3.33. The van der Waals surface area contributed by atoms with Crippen LogP contribution in [0.15, 0.2) is 12.1 Å². The number of aryl methyl sites for hydroxylation is 2. The molecule has 0 spiro atoms. The van der Waals surface area contributed by atoms with Gasteiger partial charge < -0.3 is 4.74 Å². The number of carbonyl (C=O) groups excluding carboxylic acids is 1. The zero-order valence-corrected chi connectivity index (χ0v) is 14.2. The number of nitrogens with one attached hydrogen (secondary N) is 1. The van der Waals surface area contributed by atoms with Crippen molar-refractivity contribution in [1.29, 1.82) is 0 Å². The number of hydrogen-bond donors (Lipinski definition) is 1. The zero-order chi connectivity index (χ0) is 19.4. The number of nitrogens with zero attached hydrogens (tertiary/aromatic N) is 9. The lowest BCUT2D eigenvalue weighted by molar-refractivity contribution is 0.0930. The summed E-state index contributed by atoms with van der Waals surface area (Å²) in [6, 6.07) is 2.31. The van der Waals surface area contributed by atoms with E-state index in [1.165, 1.54) is 22.6 Å². The predicted molar refractivity (Wildman–Crippen MR) is 83.2 cm³/mol. The first-order chi connectivity index (χ1) is 12.9. The fourth-order valence-electron chi connectivity index (χ4n) is 2.08. The van der Waals surface area contributed by atoms with E-state index < -0.39 is 18.0 Å². The van der Waals surface area contributed by atoms with Crippen LogP contribution in [0.5, 0.6) is 0 Å². The van der Waals surface area contributed by atoms with E-state index in [-0.39, 0.29) is 30.4 Å². The van der Waals surface area contributed by atoms with Crippen molar-refractivity contribution >= 4 is 11.9 Å². The van der Waals surface area contributed by atoms with Gasteiger partial charge in [0.25, 0.3) is 12.3 Å². The molecule has 3 heterocycles. The largest absolute Gasteiger partial charge is 0.367 e. The Balaban J connectivity index is 1.77. The van der Waals surface area contributed by atoms with Gasteiger partial charge in [0.15, 0.2) is 5.82 Å². The number of tetrazole rings is 2. The summed E-state index contributed by atoms with van der Waals surface area (Å²) in [7, 11) is 3.12. The van der Waals surface area contributed by atoms with E-state index in [1.807, 2.05) is 0 Å². The van der Waals surface area contributed by atoms with Crippen LogP contribution in [0.2, 0.25) is 0 Å². The molecule has 0 aliphatic carbocycles. The monoisotopic (exact) mass is 380 g/mol. The highest BCUT2D eigenvalue weighted by molar-refractivity contribution is 6.04. The summed E-state index contributed by atoms with van der Waals surface area (Å²) < 4.78 is 32.6. The Morgan fingerprint density at radius 2 is 2.04 bits per heavy atom. The molecule has 0 unspecified atom stereocenters. The van der Waals surface area contributed by atoms with Gasteiger partial charge in [-0.1, -0.05) is 5.10 Å². The van der Waals surface area contributed by atoms with Crippen LogP contribution in [0.1, 0.15) is 34.0 Å². The minimum Gasteiger partial charge on any atom is -0.367 e. The second-order valence-corrected chi connectivity index (χ2v) is 5.30. The predicted octanol–water partition coefficient (Wildman–Crippen LogP) is 0.0353. The molecule has 27 heavy (non-hydrogen) atoms. The summed E-state index contributed by atoms with van der Waals surface area (Å²) in [6.45, 7) is -0.235. The molecule has 142 valence electrons. The Kier molecular flexibility index (Phi) is 5.35. The maximum absolute atomic E-state index is 13.0. The van der Waals surface area contributed by atoms with Crippen LogP contribution in [0.3, 0.4) is 0 Å². The summed E-state index contributed by atoms with van der Waals surface area (Å²) in [5.74, 6) is -0.218. The van der Waals surface area contributed by atoms with Crippen LogP contribution in [0.25, 0.3) is 0 Å². The first-order valence-electron chi connectivity index (χ1n) is 7.56. The topological polar surface area (TPSA) is 138 Å². The normalized spacial score (nSPS) is 11.1. The molecule has 0 fully saturated rings. The van der Waals surface area contributed by atoms with Gasteiger partial charge >= 0.3 is 0 Å². The van der Waals surface area contributed by atoms with E-state index in [4.69, 9.17) is 4.74 Å². The number of pyridine rings is 1. The molecule has 1 amide bonds. The number of halogens is 2. The van der Waals surface area contributed by atoms with Crippen LogP contribution in [0.4, 0.5) is 14.7 Å². The van der Waals surface area contributed by atoms with Crippen LogP contribution < -0.4 is 5.32 Å². The molecule has 0 aliphatic heterocycles. The standard InChI is InChI=1S/C13H14F2N10O2/c1-24-13(19-21-23-24)17-12(26)7-3-4-8(11(14)15)16-9(7)5-27-6-10-18-22-25(2)20-10/h3-4,11H,5-6H2,1-2H3,(H,17,19,23,26). The van der Waals surface area contributed by atoms with Crippen LogP contribution in [-0.2, 0) is 32.0 Å². The molecule has 0 aliphatic rings. The fraction of sp³-hybridized carbons (Fsp3) is 0.385. The molecule has 3 aromatic rings. The van der Waals surface area contributed by atoms with Gasteiger partial charge in [0.1, 0.15) is 12.3 Å². The molecule has 3 aromatic heterocycles. The van der Waals surface area contributed by atoms with Gasteiger partial charge in [0, 0.05) is 7.05 Å². The molecule has 0 saturated carbocycles. The zero-order valence-electron chi connectivity index (χ0n) is 14.2. The molecular weight excluding hydrogens is 366 g/mol. The van der Waals surface area contributed by atoms with E-state index in [1.54, 1.807) is 7.05 Å². The molecular formula is C13H14F2N10O2. The lowest BCUT2D eigenvalue weighted by atomic mass is 10.1. The van der Waals surface area contributed by atoms with Crippen molar-refractivity contribution in [3.63, 3.8) is 0 Å². The number of carbonyl (C=O) groups is 1. The molecule has 0 radical (unpaired) electrons. The molecule has 12 nitrogen and oxygen atoms in total. The number of amides is 1. The smallest absolute Gasteiger partial charge is 0.280 e. The van der Waals surface area contributed by atoms with Gasteiger partial charge in [-0.15, -0.1) is 10.2 Å². The molecule has 0 saturated heterocycles. The van der Waals surface area contributed by atoms with Crippen LogP contribution in [-0.4, -0.2) is 51.3 Å². The van der Waals surface area contributed by atoms with Crippen molar-refractivity contribution in [2.75, 3.05) is 5.32 Å². The number of alkyl halides is 2. The number of anilines is 1. The van der Waals surface area contributed by atoms with Crippen LogP contribution in [0, 0.1) is 0 Å². The highest BCUT2D eigenvalue weighted by atomic mass is 19.3. The Morgan fingerprint density at radius 3 is 2.67 bits per heavy atom. The van der Waals surface area contributed by atoms with E-state index in [0.717, 1.165) is 6.07 Å². The maximum atomic E-state index is 13.0. The van der Waals surface area contributed by atoms with Gasteiger partial charge in [-0.2, -0.15) is 4.80 Å². The van der Waals surface area contributed by atoms with E-state index in [0.29, 0.717) is 5.82 Å². The lowest BCUT2D eigenvalue weighted by Gasteiger charge is -2.10. The van der Waals surface area contributed by atoms with Crippen molar-refractivity contribution in [1.82, 2.24) is 45.4 Å². The van der Waals surface area contributed by atoms with E-state index >= 15 is 0 Å². The second kappa shape index (κ2) is 7.86. The number of hydrogen-bond acceptors (Lipinski definition) is 9. The first kappa shape index (κ1) is 18.4. The fourth-order valence-corrected chi connectivity index (χ4v) is 2.08. The average molecular weight is 380 g/mol. The molecule has 1 N–H and O–H groups in total. The summed E-state index contributed by atoms with van der Waals surface area (Å²) in [6.07, 6.45) is -2.79. The highest BCUT2D eigenvalue weighted by Gasteiger charge is 2.19. The molecule has 14 heteroatoms. The highest BCUT2D eigenvalue weighted by Crippen LogP contribution is 2.20. The van der Waals surface area contributed by atoms with Crippen LogP contribution >= 0.6 is 0 Å². The maximum Gasteiger partial charge on any atom is 0.280 e. The summed E-state index contributed by atoms with van der Waals surface area (Å²) >= 11 is 0. The Morgan fingerprint density at radius 1 is 1.22 bits per heavy atom. The number of ether oxygens (including phenoxy) is 1. The minimum absolute atomic E-state index is 0.0251. The molecule has 3 rings (SSSR count). The number of rotatable bonds is 7. The number of aromatic nitrogens is 9. The summed E-state index contributed by atoms with van der Waals surface area (Å²) in [4.78, 5) is 17.5. The van der Waals surface area contributed by atoms with E-state index in [2.05, 4.69) is 41.2 Å². The van der Waals surface area contributed by atoms with E-state index in [9.17, 15) is 13.6 Å². The Bertz CT molecular complexity index is 941. The molecule has 0 bridgehead atoms. The van der Waals surface area contributed by atoms with Gasteiger partial charge in [0.05, 0.1) is 24.9 Å². The van der Waals surface area contributed by atoms with Gasteiger partial charge in [-0.3, -0.25) is 10.1 Å². The van der Waals surface area contributed by atoms with Crippen molar-refractivity contribution in [3.8, 4) is 0 Å². The van der Waals surface area contributed by atoms with Gasteiger partial charge in [0.2, 0.25) is 5.95 Å². The van der Waals surface area contributed by atoms with Gasteiger partial charge in [-0.05, 0) is 27.8 Å². The van der Waals surface area contributed by atoms with Crippen molar-refractivity contribution < 1.29 is 18.3 Å². The SMILES string of the molecule is Cn1nnc(COCc2nc(C(F)F)ccc2C(=O)Nc2nnnn2C)n1. The third-order valence-electron chi connectivity index (χ3n) is 3.33. The van der Waals surface area contributed by atoms with Gasteiger partial charge in [-0.25, -0.2) is 18.4 Å². The summed E-state index contributed by atoms with van der Waals surface area (Å²) in [5, 5.41) is 24.4. The Labute approximate surface area is 150 Å².